The van der Waals surface area contributed by atoms with Crippen LogP contribution in [0, 0.1) is 11.8 Å². The maximum atomic E-state index is 12.8. The molecule has 160 valence electrons. The van der Waals surface area contributed by atoms with Crippen LogP contribution in [0.5, 0.6) is 0 Å². The average molecular weight is 413 g/mol. The zero-order chi connectivity index (χ0) is 20.1. The highest BCUT2D eigenvalue weighted by Gasteiger charge is 2.32. The maximum absolute atomic E-state index is 12.8. The van der Waals surface area contributed by atoms with Crippen molar-refractivity contribution in [3.63, 3.8) is 0 Å². The van der Waals surface area contributed by atoms with Crippen LogP contribution in [0.4, 0.5) is 0 Å². The second kappa shape index (κ2) is 9.69. The van der Waals surface area contributed by atoms with Gasteiger partial charge in [0.2, 0.25) is 15.0 Å². The van der Waals surface area contributed by atoms with Gasteiger partial charge < -0.3 is 19.1 Å². The standard InChI is InChI=1S/C20H36N4O3S/c1-4-23-9-5-6-18(14-23)13-22(2)15-19-12-21-20(24(19)10-11-27-3)28(25,26)16-17-7-8-17/h12,17-18H,4-11,13-16H2,1-3H3. The molecule has 1 aromatic rings. The first-order valence-corrected chi connectivity index (χ1v) is 12.2. The van der Waals surface area contributed by atoms with Crippen molar-refractivity contribution in [2.75, 3.05) is 52.7 Å². The first-order chi connectivity index (χ1) is 13.4. The number of hydrogen-bond acceptors (Lipinski definition) is 6. The van der Waals surface area contributed by atoms with Gasteiger partial charge in [-0.2, -0.15) is 0 Å². The van der Waals surface area contributed by atoms with Gasteiger partial charge in [0.05, 0.1) is 24.3 Å². The van der Waals surface area contributed by atoms with Gasteiger partial charge in [-0.3, -0.25) is 0 Å². The number of nitrogens with zero attached hydrogens (tertiary/aromatic N) is 4. The second-order valence-corrected chi connectivity index (χ2v) is 10.4. The van der Waals surface area contributed by atoms with E-state index in [0.717, 1.165) is 38.2 Å². The highest BCUT2D eigenvalue weighted by atomic mass is 32.2. The van der Waals surface area contributed by atoms with E-state index in [1.807, 2.05) is 4.57 Å². The van der Waals surface area contributed by atoms with Gasteiger partial charge in [-0.15, -0.1) is 0 Å². The fourth-order valence-electron chi connectivity index (χ4n) is 4.23. The number of hydrogen-bond donors (Lipinski definition) is 0. The minimum atomic E-state index is -3.34. The Morgan fingerprint density at radius 3 is 2.75 bits per heavy atom. The van der Waals surface area contributed by atoms with E-state index in [0.29, 0.717) is 31.5 Å². The Labute approximate surface area is 170 Å². The predicted molar refractivity (Wildman–Crippen MR) is 110 cm³/mol. The highest BCUT2D eigenvalue weighted by Crippen LogP contribution is 2.32. The van der Waals surface area contributed by atoms with Gasteiger partial charge in [0.1, 0.15) is 0 Å². The summed E-state index contributed by atoms with van der Waals surface area (Å²) in [6.07, 6.45) is 6.31. The largest absolute Gasteiger partial charge is 0.383 e. The second-order valence-electron chi connectivity index (χ2n) is 8.50. The molecule has 3 rings (SSSR count). The molecule has 8 heteroatoms. The molecular formula is C20H36N4O3S. The summed E-state index contributed by atoms with van der Waals surface area (Å²) in [7, 11) is 0.425. The van der Waals surface area contributed by atoms with E-state index in [1.54, 1.807) is 13.3 Å². The van der Waals surface area contributed by atoms with E-state index in [-0.39, 0.29) is 10.9 Å². The smallest absolute Gasteiger partial charge is 0.227 e. The van der Waals surface area contributed by atoms with Crippen molar-refractivity contribution in [3.05, 3.63) is 11.9 Å². The molecular weight excluding hydrogens is 376 g/mol. The molecule has 0 radical (unpaired) electrons. The third-order valence-electron chi connectivity index (χ3n) is 5.90. The van der Waals surface area contributed by atoms with Gasteiger partial charge in [-0.25, -0.2) is 13.4 Å². The number of piperidine rings is 1. The number of imidazole rings is 1. The Morgan fingerprint density at radius 1 is 1.29 bits per heavy atom. The van der Waals surface area contributed by atoms with Crippen molar-refractivity contribution in [1.82, 2.24) is 19.4 Å². The lowest BCUT2D eigenvalue weighted by Gasteiger charge is -2.34. The van der Waals surface area contributed by atoms with Crippen LogP contribution in [0.1, 0.15) is 38.3 Å². The van der Waals surface area contributed by atoms with E-state index in [4.69, 9.17) is 4.74 Å². The highest BCUT2D eigenvalue weighted by molar-refractivity contribution is 7.91. The Balaban J connectivity index is 1.68. The average Bonchev–Trinajstić information content (AvgIpc) is 3.37. The van der Waals surface area contributed by atoms with Crippen LogP contribution in [-0.4, -0.2) is 80.5 Å². The van der Waals surface area contributed by atoms with E-state index in [2.05, 4.69) is 28.8 Å². The summed E-state index contributed by atoms with van der Waals surface area (Å²) in [6.45, 7) is 8.44. The van der Waals surface area contributed by atoms with Crippen LogP contribution in [0.2, 0.25) is 0 Å². The molecule has 1 saturated heterocycles. The molecule has 0 aromatic carbocycles. The monoisotopic (exact) mass is 412 g/mol. The summed E-state index contributed by atoms with van der Waals surface area (Å²) in [5, 5.41) is 0.217. The van der Waals surface area contributed by atoms with Crippen LogP contribution >= 0.6 is 0 Å². The lowest BCUT2D eigenvalue weighted by atomic mass is 9.97. The molecule has 2 fully saturated rings. The van der Waals surface area contributed by atoms with E-state index in [1.165, 1.54) is 19.4 Å². The van der Waals surface area contributed by atoms with Gasteiger partial charge >= 0.3 is 0 Å². The third-order valence-corrected chi connectivity index (χ3v) is 7.70. The fraction of sp³-hybridized carbons (Fsp3) is 0.850. The molecule has 7 nitrogen and oxygen atoms in total. The molecule has 2 heterocycles. The van der Waals surface area contributed by atoms with Gasteiger partial charge in [0.15, 0.2) is 0 Å². The summed E-state index contributed by atoms with van der Waals surface area (Å²) in [5.41, 5.74) is 0.956. The van der Waals surface area contributed by atoms with Gasteiger partial charge in [0, 0.05) is 33.3 Å². The Kier molecular flexibility index (Phi) is 7.53. The van der Waals surface area contributed by atoms with Crippen LogP contribution in [0.25, 0.3) is 0 Å². The van der Waals surface area contributed by atoms with E-state index in [9.17, 15) is 8.42 Å². The van der Waals surface area contributed by atoms with Crippen molar-refractivity contribution in [1.29, 1.82) is 0 Å². The molecule has 1 unspecified atom stereocenters. The van der Waals surface area contributed by atoms with Crippen LogP contribution in [0.15, 0.2) is 11.4 Å². The minimum absolute atomic E-state index is 0.217. The van der Waals surface area contributed by atoms with Crippen LogP contribution in [0.3, 0.4) is 0 Å². The number of aromatic nitrogens is 2. The van der Waals surface area contributed by atoms with Crippen molar-refractivity contribution in [3.8, 4) is 0 Å². The van der Waals surface area contributed by atoms with Crippen LogP contribution in [-0.2, 0) is 27.7 Å². The summed E-state index contributed by atoms with van der Waals surface area (Å²) >= 11 is 0. The normalized spacial score (nSPS) is 21.5. The Hall–Kier alpha value is -0.960. The molecule has 2 aliphatic rings. The molecule has 1 aromatic heterocycles. The lowest BCUT2D eigenvalue weighted by molar-refractivity contribution is 0.144. The number of likely N-dealkylation sites (tertiary alicyclic amines) is 1. The maximum Gasteiger partial charge on any atom is 0.227 e. The summed E-state index contributed by atoms with van der Waals surface area (Å²) < 4.78 is 32.7. The summed E-state index contributed by atoms with van der Waals surface area (Å²) in [5.74, 6) is 1.21. The predicted octanol–water partition coefficient (Wildman–Crippen LogP) is 1.88. The van der Waals surface area contributed by atoms with Gasteiger partial charge in [-0.05, 0) is 57.7 Å². The number of sulfone groups is 1. The zero-order valence-corrected chi connectivity index (χ0v) is 18.5. The van der Waals surface area contributed by atoms with Crippen molar-refractivity contribution >= 4 is 9.84 Å². The molecule has 1 atom stereocenters. The fourth-order valence-corrected chi connectivity index (χ4v) is 6.09. The Bertz CT molecular complexity index is 730. The molecule has 1 aliphatic heterocycles. The van der Waals surface area contributed by atoms with E-state index < -0.39 is 9.84 Å². The molecule has 28 heavy (non-hydrogen) atoms. The number of rotatable bonds is 11. The zero-order valence-electron chi connectivity index (χ0n) is 17.6. The number of methoxy groups -OCH3 is 1. The third kappa shape index (κ3) is 5.78. The van der Waals surface area contributed by atoms with Crippen molar-refractivity contribution < 1.29 is 13.2 Å². The molecule has 0 amide bonds. The molecule has 1 aliphatic carbocycles. The summed E-state index contributed by atoms with van der Waals surface area (Å²) in [6, 6.07) is 0. The lowest BCUT2D eigenvalue weighted by Crippen LogP contribution is -2.40. The van der Waals surface area contributed by atoms with Crippen molar-refractivity contribution in [2.45, 2.75) is 50.9 Å². The summed E-state index contributed by atoms with van der Waals surface area (Å²) in [4.78, 5) is 9.16. The molecule has 0 spiro atoms. The SMILES string of the molecule is CCN1CCCC(CN(C)Cc2cnc(S(=O)(=O)CC3CC3)n2CCOC)C1. The van der Waals surface area contributed by atoms with Gasteiger partial charge in [-0.1, -0.05) is 6.92 Å². The first kappa shape index (κ1) is 21.7. The quantitative estimate of drug-likeness (QED) is 0.553. The van der Waals surface area contributed by atoms with Crippen LogP contribution < -0.4 is 0 Å². The van der Waals surface area contributed by atoms with Crippen molar-refractivity contribution in [2.24, 2.45) is 11.8 Å². The van der Waals surface area contributed by atoms with E-state index >= 15 is 0 Å². The van der Waals surface area contributed by atoms with Gasteiger partial charge in [0.25, 0.3) is 0 Å². The minimum Gasteiger partial charge on any atom is -0.383 e. The molecule has 1 saturated carbocycles. The molecule has 0 bridgehead atoms. The first-order valence-electron chi connectivity index (χ1n) is 10.6. The molecule has 0 N–H and O–H groups in total. The Morgan fingerprint density at radius 2 is 2.07 bits per heavy atom. The number of ether oxygens (including phenoxy) is 1. The topological polar surface area (TPSA) is 67.7 Å².